The SMILES string of the molecule is O=C(O)c1cc2ccc(F)cc2n1C1CCC1. The number of aromatic nitrogens is 1. The number of benzene rings is 1. The molecule has 1 aromatic carbocycles. The maximum absolute atomic E-state index is 13.3. The summed E-state index contributed by atoms with van der Waals surface area (Å²) in [4.78, 5) is 11.2. The predicted octanol–water partition coefficient (Wildman–Crippen LogP) is 3.20. The van der Waals surface area contributed by atoms with Crippen LogP contribution < -0.4 is 0 Å². The van der Waals surface area contributed by atoms with E-state index in [9.17, 15) is 14.3 Å². The highest BCUT2D eigenvalue weighted by Gasteiger charge is 2.26. The normalized spacial score (nSPS) is 16.1. The van der Waals surface area contributed by atoms with Crippen LogP contribution in [0.25, 0.3) is 10.9 Å². The van der Waals surface area contributed by atoms with Crippen LogP contribution in [0.3, 0.4) is 0 Å². The fraction of sp³-hybridized carbons (Fsp3) is 0.308. The Morgan fingerprint density at radius 1 is 1.35 bits per heavy atom. The molecule has 3 nitrogen and oxygen atoms in total. The Morgan fingerprint density at radius 2 is 2.12 bits per heavy atom. The van der Waals surface area contributed by atoms with Gasteiger partial charge in [-0.1, -0.05) is 0 Å². The molecule has 3 rings (SSSR count). The van der Waals surface area contributed by atoms with Crippen molar-refractivity contribution < 1.29 is 14.3 Å². The van der Waals surface area contributed by atoms with Crippen LogP contribution in [0, 0.1) is 5.82 Å². The van der Waals surface area contributed by atoms with Gasteiger partial charge in [-0.05, 0) is 43.5 Å². The summed E-state index contributed by atoms with van der Waals surface area (Å²) in [6.07, 6.45) is 3.06. The highest BCUT2D eigenvalue weighted by molar-refractivity contribution is 5.94. The van der Waals surface area contributed by atoms with Crippen LogP contribution >= 0.6 is 0 Å². The minimum atomic E-state index is -0.950. The van der Waals surface area contributed by atoms with Crippen molar-refractivity contribution in [3.05, 3.63) is 35.8 Å². The van der Waals surface area contributed by atoms with Crippen molar-refractivity contribution in [3.63, 3.8) is 0 Å². The number of hydrogen-bond acceptors (Lipinski definition) is 1. The van der Waals surface area contributed by atoms with E-state index in [2.05, 4.69) is 0 Å². The van der Waals surface area contributed by atoms with Crippen LogP contribution in [0.1, 0.15) is 35.8 Å². The van der Waals surface area contributed by atoms with Crippen LogP contribution in [-0.2, 0) is 0 Å². The average molecular weight is 233 g/mol. The molecule has 1 aromatic heterocycles. The van der Waals surface area contributed by atoms with Gasteiger partial charge in [-0.2, -0.15) is 0 Å². The molecule has 2 aromatic rings. The summed E-state index contributed by atoms with van der Waals surface area (Å²) in [7, 11) is 0. The van der Waals surface area contributed by atoms with E-state index < -0.39 is 5.97 Å². The number of carboxylic acid groups (broad SMARTS) is 1. The van der Waals surface area contributed by atoms with Gasteiger partial charge >= 0.3 is 5.97 Å². The first-order chi connectivity index (χ1) is 8.16. The van der Waals surface area contributed by atoms with Crippen molar-refractivity contribution in [1.82, 2.24) is 4.57 Å². The van der Waals surface area contributed by atoms with Gasteiger partial charge in [0.1, 0.15) is 11.5 Å². The molecule has 0 atom stereocenters. The average Bonchev–Trinajstić information content (AvgIpc) is 2.55. The van der Waals surface area contributed by atoms with Gasteiger partial charge in [0.25, 0.3) is 0 Å². The summed E-state index contributed by atoms with van der Waals surface area (Å²) in [6.45, 7) is 0. The fourth-order valence-electron chi connectivity index (χ4n) is 2.40. The molecule has 17 heavy (non-hydrogen) atoms. The van der Waals surface area contributed by atoms with Crippen LogP contribution in [0.4, 0.5) is 4.39 Å². The van der Waals surface area contributed by atoms with E-state index in [-0.39, 0.29) is 17.6 Å². The fourth-order valence-corrected chi connectivity index (χ4v) is 2.40. The van der Waals surface area contributed by atoms with Gasteiger partial charge in [0.05, 0.1) is 5.52 Å². The highest BCUT2D eigenvalue weighted by atomic mass is 19.1. The smallest absolute Gasteiger partial charge is 0.352 e. The minimum absolute atomic E-state index is 0.209. The lowest BCUT2D eigenvalue weighted by Gasteiger charge is -2.29. The number of aromatic carboxylic acids is 1. The first-order valence-electron chi connectivity index (χ1n) is 5.70. The molecule has 0 saturated heterocycles. The third-order valence-corrected chi connectivity index (χ3v) is 3.46. The highest BCUT2D eigenvalue weighted by Crippen LogP contribution is 2.36. The maximum Gasteiger partial charge on any atom is 0.352 e. The minimum Gasteiger partial charge on any atom is -0.477 e. The summed E-state index contributed by atoms with van der Waals surface area (Å²) in [5, 5.41) is 9.98. The van der Waals surface area contributed by atoms with Crippen molar-refractivity contribution >= 4 is 16.9 Å². The van der Waals surface area contributed by atoms with E-state index in [0.29, 0.717) is 5.52 Å². The third-order valence-electron chi connectivity index (χ3n) is 3.46. The summed E-state index contributed by atoms with van der Waals surface area (Å²) in [5.74, 6) is -1.28. The van der Waals surface area contributed by atoms with Crippen molar-refractivity contribution in [2.75, 3.05) is 0 Å². The maximum atomic E-state index is 13.3. The molecule has 0 amide bonds. The molecular weight excluding hydrogens is 221 g/mol. The molecule has 88 valence electrons. The van der Waals surface area contributed by atoms with E-state index >= 15 is 0 Å². The van der Waals surface area contributed by atoms with Crippen molar-refractivity contribution in [2.45, 2.75) is 25.3 Å². The molecule has 0 bridgehead atoms. The van der Waals surface area contributed by atoms with Crippen molar-refractivity contribution in [2.24, 2.45) is 0 Å². The zero-order valence-electron chi connectivity index (χ0n) is 9.19. The largest absolute Gasteiger partial charge is 0.477 e. The van der Waals surface area contributed by atoms with Gasteiger partial charge in [0, 0.05) is 11.4 Å². The molecule has 4 heteroatoms. The molecule has 1 saturated carbocycles. The molecular formula is C13H12FNO2. The Bertz CT molecular complexity index is 599. The molecule has 0 spiro atoms. The topological polar surface area (TPSA) is 42.2 Å². The number of carbonyl (C=O) groups is 1. The Labute approximate surface area is 97.5 Å². The van der Waals surface area contributed by atoms with Crippen LogP contribution in [-0.4, -0.2) is 15.6 Å². The molecule has 1 aliphatic carbocycles. The molecule has 0 unspecified atom stereocenters. The summed E-state index contributed by atoms with van der Waals surface area (Å²) in [5.41, 5.74) is 0.947. The van der Waals surface area contributed by atoms with Gasteiger partial charge in [0.15, 0.2) is 0 Å². The summed E-state index contributed by atoms with van der Waals surface area (Å²) < 4.78 is 15.0. The zero-order chi connectivity index (χ0) is 12.0. The van der Waals surface area contributed by atoms with E-state index in [4.69, 9.17) is 0 Å². The molecule has 0 radical (unpaired) electrons. The third kappa shape index (κ3) is 1.52. The van der Waals surface area contributed by atoms with Crippen molar-refractivity contribution in [1.29, 1.82) is 0 Å². The number of nitrogens with zero attached hydrogens (tertiary/aromatic N) is 1. The lowest BCUT2D eigenvalue weighted by Crippen LogP contribution is -2.20. The number of halogens is 1. The van der Waals surface area contributed by atoms with E-state index in [1.165, 1.54) is 12.1 Å². The first kappa shape index (κ1) is 10.3. The van der Waals surface area contributed by atoms with E-state index in [1.54, 1.807) is 16.7 Å². The number of fused-ring (bicyclic) bond motifs is 1. The molecule has 0 aliphatic heterocycles. The second-order valence-electron chi connectivity index (χ2n) is 4.49. The molecule has 1 N–H and O–H groups in total. The second-order valence-corrected chi connectivity index (χ2v) is 4.49. The Balaban J connectivity index is 2.28. The Hall–Kier alpha value is -1.84. The zero-order valence-corrected chi connectivity index (χ0v) is 9.19. The number of hydrogen-bond donors (Lipinski definition) is 1. The second kappa shape index (κ2) is 3.58. The number of rotatable bonds is 2. The lowest BCUT2D eigenvalue weighted by molar-refractivity contribution is 0.0679. The Morgan fingerprint density at radius 3 is 2.71 bits per heavy atom. The van der Waals surface area contributed by atoms with E-state index in [1.807, 2.05) is 0 Å². The van der Waals surface area contributed by atoms with Gasteiger partial charge in [-0.25, -0.2) is 9.18 Å². The molecule has 1 aliphatic rings. The summed E-state index contributed by atoms with van der Waals surface area (Å²) >= 11 is 0. The van der Waals surface area contributed by atoms with Gasteiger partial charge in [0.2, 0.25) is 0 Å². The first-order valence-corrected chi connectivity index (χ1v) is 5.70. The van der Waals surface area contributed by atoms with Gasteiger partial charge < -0.3 is 9.67 Å². The van der Waals surface area contributed by atoms with Crippen LogP contribution in [0.15, 0.2) is 24.3 Å². The van der Waals surface area contributed by atoms with Crippen LogP contribution in [0.2, 0.25) is 0 Å². The van der Waals surface area contributed by atoms with Gasteiger partial charge in [-0.3, -0.25) is 0 Å². The van der Waals surface area contributed by atoms with Crippen LogP contribution in [0.5, 0.6) is 0 Å². The van der Waals surface area contributed by atoms with E-state index in [0.717, 1.165) is 24.6 Å². The lowest BCUT2D eigenvalue weighted by atomic mass is 9.92. The Kier molecular flexibility index (Phi) is 2.18. The molecule has 1 heterocycles. The number of carboxylic acids is 1. The molecule has 1 fully saturated rings. The monoisotopic (exact) mass is 233 g/mol. The standard InChI is InChI=1S/C13H12FNO2/c14-9-5-4-8-6-12(13(16)17)15(11(8)7-9)10-2-1-3-10/h4-7,10H,1-3H2,(H,16,17). The quantitative estimate of drug-likeness (QED) is 0.865. The predicted molar refractivity (Wildman–Crippen MR) is 61.7 cm³/mol. The van der Waals surface area contributed by atoms with Crippen molar-refractivity contribution in [3.8, 4) is 0 Å². The summed E-state index contributed by atoms with van der Waals surface area (Å²) in [6, 6.07) is 6.24. The van der Waals surface area contributed by atoms with Gasteiger partial charge in [-0.15, -0.1) is 0 Å².